The maximum atomic E-state index is 13.5. The quantitative estimate of drug-likeness (QED) is 0.704. The van der Waals surface area contributed by atoms with Crippen molar-refractivity contribution in [2.75, 3.05) is 13.1 Å². The zero-order chi connectivity index (χ0) is 19.5. The lowest BCUT2D eigenvalue weighted by Crippen LogP contribution is -2.58. The van der Waals surface area contributed by atoms with E-state index in [0.29, 0.717) is 6.54 Å². The molecule has 1 heterocycles. The molecular weight excluding hydrogens is 348 g/mol. The number of benzene rings is 1. The first-order chi connectivity index (χ1) is 13.6. The summed E-state index contributed by atoms with van der Waals surface area (Å²) in [6.45, 7) is 2.95. The summed E-state index contributed by atoms with van der Waals surface area (Å²) >= 11 is 0. The summed E-state index contributed by atoms with van der Waals surface area (Å²) < 4.78 is 0. The van der Waals surface area contributed by atoms with Gasteiger partial charge in [-0.2, -0.15) is 0 Å². The standard InChI is InChI=1S/C24H32N2O2/c1-18-11-13-20(14-12-18)23-24(28)26(21-9-5-6-10-21)17-22(27)25(23)16-15-19-7-3-2-4-8-19/h7,11-14,21,23H,2-6,8-10,15-17H2,1H3/t23-/m1/s1. The van der Waals surface area contributed by atoms with E-state index in [2.05, 4.69) is 13.0 Å². The molecule has 2 fully saturated rings. The summed E-state index contributed by atoms with van der Waals surface area (Å²) in [5, 5.41) is 0. The van der Waals surface area contributed by atoms with Gasteiger partial charge in [0.05, 0.1) is 0 Å². The molecule has 4 rings (SSSR count). The molecule has 28 heavy (non-hydrogen) atoms. The molecule has 0 unspecified atom stereocenters. The first-order valence-electron chi connectivity index (χ1n) is 11.0. The van der Waals surface area contributed by atoms with Gasteiger partial charge in [0.2, 0.25) is 5.91 Å². The van der Waals surface area contributed by atoms with E-state index in [-0.39, 0.29) is 24.4 Å². The molecule has 1 saturated heterocycles. The molecular formula is C24H32N2O2. The highest BCUT2D eigenvalue weighted by Crippen LogP contribution is 2.33. The van der Waals surface area contributed by atoms with Crippen LogP contribution in [0.1, 0.15) is 75.0 Å². The lowest BCUT2D eigenvalue weighted by atomic mass is 9.95. The van der Waals surface area contributed by atoms with Gasteiger partial charge >= 0.3 is 0 Å². The van der Waals surface area contributed by atoms with Crippen LogP contribution in [0.4, 0.5) is 0 Å². The molecule has 2 aliphatic carbocycles. The SMILES string of the molecule is Cc1ccc([C@@H]2C(=O)N(C3CCCC3)CC(=O)N2CCC2=CCCCC2)cc1. The van der Waals surface area contributed by atoms with Crippen LogP contribution in [0.15, 0.2) is 35.9 Å². The fraction of sp³-hybridized carbons (Fsp3) is 0.583. The van der Waals surface area contributed by atoms with Crippen LogP contribution in [0, 0.1) is 6.92 Å². The van der Waals surface area contributed by atoms with E-state index in [1.54, 1.807) is 0 Å². The second-order valence-corrected chi connectivity index (χ2v) is 8.66. The molecule has 4 nitrogen and oxygen atoms in total. The van der Waals surface area contributed by atoms with Crippen LogP contribution in [0.25, 0.3) is 0 Å². The molecule has 0 spiro atoms. The van der Waals surface area contributed by atoms with Crippen LogP contribution in [0.5, 0.6) is 0 Å². The molecule has 1 aliphatic heterocycles. The van der Waals surface area contributed by atoms with Crippen LogP contribution in [-0.4, -0.2) is 40.7 Å². The third-order valence-electron chi connectivity index (χ3n) is 6.67. The van der Waals surface area contributed by atoms with Gasteiger partial charge in [-0.3, -0.25) is 9.59 Å². The number of rotatable bonds is 5. The van der Waals surface area contributed by atoms with Crippen LogP contribution in [-0.2, 0) is 9.59 Å². The zero-order valence-corrected chi connectivity index (χ0v) is 17.0. The Morgan fingerprint density at radius 1 is 1.00 bits per heavy atom. The maximum Gasteiger partial charge on any atom is 0.250 e. The van der Waals surface area contributed by atoms with Crippen LogP contribution in [0.3, 0.4) is 0 Å². The lowest BCUT2D eigenvalue weighted by Gasteiger charge is -2.43. The molecule has 0 radical (unpaired) electrons. The van der Waals surface area contributed by atoms with E-state index in [1.165, 1.54) is 24.0 Å². The van der Waals surface area contributed by atoms with E-state index in [9.17, 15) is 9.59 Å². The van der Waals surface area contributed by atoms with Gasteiger partial charge in [-0.15, -0.1) is 0 Å². The number of allylic oxidation sites excluding steroid dienone is 1. The average Bonchev–Trinajstić information content (AvgIpc) is 3.24. The van der Waals surface area contributed by atoms with Crippen molar-refractivity contribution in [2.45, 2.75) is 76.8 Å². The third kappa shape index (κ3) is 4.01. The Morgan fingerprint density at radius 2 is 1.75 bits per heavy atom. The van der Waals surface area contributed by atoms with Crippen LogP contribution in [0.2, 0.25) is 0 Å². The van der Waals surface area contributed by atoms with Crippen molar-refractivity contribution in [3.05, 3.63) is 47.0 Å². The van der Waals surface area contributed by atoms with E-state index in [4.69, 9.17) is 0 Å². The zero-order valence-electron chi connectivity index (χ0n) is 17.0. The van der Waals surface area contributed by atoms with Gasteiger partial charge in [0, 0.05) is 12.6 Å². The molecule has 0 N–H and O–H groups in total. The lowest BCUT2D eigenvalue weighted by molar-refractivity contribution is -0.158. The van der Waals surface area contributed by atoms with E-state index in [1.807, 2.05) is 34.1 Å². The number of hydrogen-bond acceptors (Lipinski definition) is 2. The first kappa shape index (κ1) is 19.2. The molecule has 1 atom stereocenters. The average molecular weight is 381 g/mol. The van der Waals surface area contributed by atoms with Gasteiger partial charge in [-0.1, -0.05) is 54.3 Å². The number of piperazine rings is 1. The van der Waals surface area contributed by atoms with E-state index >= 15 is 0 Å². The fourth-order valence-electron chi connectivity index (χ4n) is 4.99. The minimum absolute atomic E-state index is 0.105. The molecule has 0 bridgehead atoms. The highest BCUT2D eigenvalue weighted by atomic mass is 16.2. The number of aryl methyl sites for hydroxylation is 1. The summed E-state index contributed by atoms with van der Waals surface area (Å²) in [5.41, 5.74) is 3.57. The molecule has 1 saturated carbocycles. The van der Waals surface area contributed by atoms with E-state index in [0.717, 1.165) is 50.5 Å². The Bertz CT molecular complexity index is 746. The summed E-state index contributed by atoms with van der Waals surface area (Å²) in [7, 11) is 0. The summed E-state index contributed by atoms with van der Waals surface area (Å²) in [6, 6.07) is 7.92. The molecule has 0 aromatic heterocycles. The van der Waals surface area contributed by atoms with Gasteiger partial charge in [0.25, 0.3) is 5.91 Å². The van der Waals surface area contributed by atoms with Gasteiger partial charge in [-0.25, -0.2) is 0 Å². The monoisotopic (exact) mass is 380 g/mol. The van der Waals surface area contributed by atoms with Crippen molar-refractivity contribution in [3.8, 4) is 0 Å². The normalized spacial score (nSPS) is 24.0. The third-order valence-corrected chi connectivity index (χ3v) is 6.67. The van der Waals surface area contributed by atoms with Crippen molar-refractivity contribution >= 4 is 11.8 Å². The fourth-order valence-corrected chi connectivity index (χ4v) is 4.99. The minimum Gasteiger partial charge on any atom is -0.328 e. The van der Waals surface area contributed by atoms with Gasteiger partial charge in [0.15, 0.2) is 0 Å². The van der Waals surface area contributed by atoms with Crippen molar-refractivity contribution in [1.29, 1.82) is 0 Å². The van der Waals surface area contributed by atoms with Crippen molar-refractivity contribution < 1.29 is 9.59 Å². The van der Waals surface area contributed by atoms with Crippen LogP contribution >= 0.6 is 0 Å². The molecule has 150 valence electrons. The number of nitrogens with zero attached hydrogens (tertiary/aromatic N) is 2. The predicted octanol–water partition coefficient (Wildman–Crippen LogP) is 4.54. The minimum atomic E-state index is -0.466. The molecule has 1 aromatic carbocycles. The Kier molecular flexibility index (Phi) is 5.84. The number of hydrogen-bond donors (Lipinski definition) is 0. The van der Waals surface area contributed by atoms with E-state index < -0.39 is 6.04 Å². The number of carbonyl (C=O) groups is 2. The van der Waals surface area contributed by atoms with Crippen molar-refractivity contribution in [1.82, 2.24) is 9.80 Å². The molecule has 3 aliphatic rings. The van der Waals surface area contributed by atoms with Gasteiger partial charge in [0.1, 0.15) is 12.6 Å². The Morgan fingerprint density at radius 3 is 2.43 bits per heavy atom. The topological polar surface area (TPSA) is 40.6 Å². The smallest absolute Gasteiger partial charge is 0.250 e. The van der Waals surface area contributed by atoms with Crippen molar-refractivity contribution in [2.24, 2.45) is 0 Å². The number of carbonyl (C=O) groups excluding carboxylic acids is 2. The second-order valence-electron chi connectivity index (χ2n) is 8.66. The molecule has 4 heteroatoms. The molecule has 1 aromatic rings. The second kappa shape index (κ2) is 8.50. The highest BCUT2D eigenvalue weighted by Gasteiger charge is 2.43. The summed E-state index contributed by atoms with van der Waals surface area (Å²) in [6.07, 6.45) is 12.4. The predicted molar refractivity (Wildman–Crippen MR) is 111 cm³/mol. The van der Waals surface area contributed by atoms with Gasteiger partial charge < -0.3 is 9.80 Å². The van der Waals surface area contributed by atoms with Crippen molar-refractivity contribution in [3.63, 3.8) is 0 Å². The summed E-state index contributed by atoms with van der Waals surface area (Å²) in [4.78, 5) is 30.4. The molecule has 2 amide bonds. The summed E-state index contributed by atoms with van der Waals surface area (Å²) in [5.74, 6) is 0.224. The Labute approximate surface area is 168 Å². The van der Waals surface area contributed by atoms with Gasteiger partial charge in [-0.05, 0) is 57.4 Å². The number of amides is 2. The largest absolute Gasteiger partial charge is 0.328 e. The maximum absolute atomic E-state index is 13.5. The Hall–Kier alpha value is -2.10. The highest BCUT2D eigenvalue weighted by molar-refractivity contribution is 5.95. The Balaban J connectivity index is 1.58. The first-order valence-corrected chi connectivity index (χ1v) is 11.0. The van der Waals surface area contributed by atoms with Crippen LogP contribution < -0.4 is 0 Å².